The molecule has 4 bridgehead atoms. The number of carbonyl (C=O) groups is 2. The molecule has 4 heteroatoms. The van der Waals surface area contributed by atoms with Gasteiger partial charge in [-0.05, 0) is 97.3 Å². The Balaban J connectivity index is 1.98. The molecule has 0 N–H and O–H groups in total. The van der Waals surface area contributed by atoms with Crippen molar-refractivity contribution in [3.63, 3.8) is 0 Å². The van der Waals surface area contributed by atoms with Crippen LogP contribution in [0.5, 0.6) is 0 Å². The third-order valence-corrected chi connectivity index (χ3v) is 5.90. The van der Waals surface area contributed by atoms with Crippen molar-refractivity contribution in [1.82, 2.24) is 0 Å². The van der Waals surface area contributed by atoms with Crippen molar-refractivity contribution in [2.75, 3.05) is 0 Å². The largest absolute Gasteiger partial charge is 0.459 e. The molecule has 4 rings (SSSR count). The molecule has 0 aromatic heterocycles. The van der Waals surface area contributed by atoms with Gasteiger partial charge in [-0.25, -0.2) is 0 Å². The zero-order valence-electron chi connectivity index (χ0n) is 16.0. The minimum atomic E-state index is -1.09. The summed E-state index contributed by atoms with van der Waals surface area (Å²) >= 11 is 0. The van der Waals surface area contributed by atoms with E-state index in [4.69, 9.17) is 9.47 Å². The van der Waals surface area contributed by atoms with Crippen LogP contribution in [0.15, 0.2) is 0 Å². The minimum absolute atomic E-state index is 0.0819. The van der Waals surface area contributed by atoms with Crippen molar-refractivity contribution < 1.29 is 19.1 Å². The number of ether oxygens (including phenoxy) is 2. The maximum Gasteiger partial charge on any atom is 0.324 e. The van der Waals surface area contributed by atoms with E-state index in [1.165, 1.54) is 6.42 Å². The molecule has 0 amide bonds. The molecule has 4 nitrogen and oxygen atoms in total. The minimum Gasteiger partial charge on any atom is -0.459 e. The van der Waals surface area contributed by atoms with Gasteiger partial charge in [0.1, 0.15) is 11.2 Å². The van der Waals surface area contributed by atoms with E-state index in [9.17, 15) is 9.59 Å². The summed E-state index contributed by atoms with van der Waals surface area (Å²) in [5, 5.41) is 0. The number of carbonyl (C=O) groups excluding carboxylic acids is 2. The molecule has 0 radical (unpaired) electrons. The van der Waals surface area contributed by atoms with Gasteiger partial charge in [0.05, 0.1) is 0 Å². The normalized spacial score (nSPS) is 34.1. The molecule has 0 atom stereocenters. The van der Waals surface area contributed by atoms with Crippen LogP contribution in [-0.4, -0.2) is 23.1 Å². The van der Waals surface area contributed by atoms with Crippen LogP contribution in [-0.2, 0) is 19.1 Å². The van der Waals surface area contributed by atoms with Crippen LogP contribution in [0.4, 0.5) is 0 Å². The van der Waals surface area contributed by atoms with Gasteiger partial charge in [-0.1, -0.05) is 0 Å². The Morgan fingerprint density at radius 1 is 0.708 bits per heavy atom. The lowest BCUT2D eigenvalue weighted by Crippen LogP contribution is -2.62. The third-order valence-electron chi connectivity index (χ3n) is 5.90. The molecule has 4 aliphatic rings. The van der Waals surface area contributed by atoms with E-state index in [2.05, 4.69) is 0 Å². The second-order valence-electron chi connectivity index (χ2n) is 10.2. The molecule has 0 aromatic carbocycles. The summed E-state index contributed by atoms with van der Waals surface area (Å²) in [6.07, 6.45) is 5.12. The first-order valence-corrected chi connectivity index (χ1v) is 9.38. The predicted octanol–water partition coefficient (Wildman–Crippen LogP) is 4.11. The van der Waals surface area contributed by atoms with E-state index in [1.54, 1.807) is 0 Å². The lowest BCUT2D eigenvalue weighted by Gasteiger charge is -2.58. The number of hydrogen-bond donors (Lipinski definition) is 0. The zero-order chi connectivity index (χ0) is 17.9. The molecule has 0 saturated heterocycles. The topological polar surface area (TPSA) is 52.6 Å². The molecule has 4 fully saturated rings. The molecule has 4 aliphatic carbocycles. The van der Waals surface area contributed by atoms with Crippen LogP contribution >= 0.6 is 0 Å². The van der Waals surface area contributed by atoms with E-state index < -0.39 is 16.6 Å². The van der Waals surface area contributed by atoms with E-state index in [1.807, 2.05) is 41.5 Å². The highest BCUT2D eigenvalue weighted by Gasteiger charge is 2.67. The average Bonchev–Trinajstić information content (AvgIpc) is 2.33. The average molecular weight is 336 g/mol. The van der Waals surface area contributed by atoms with Crippen molar-refractivity contribution in [3.8, 4) is 0 Å². The fourth-order valence-electron chi connectivity index (χ4n) is 5.40. The molecule has 0 aromatic rings. The molecule has 0 aliphatic heterocycles. The Labute approximate surface area is 145 Å². The fraction of sp³-hybridized carbons (Fsp3) is 0.900. The Morgan fingerprint density at radius 3 is 1.33 bits per heavy atom. The molecule has 0 heterocycles. The lowest BCUT2D eigenvalue weighted by molar-refractivity contribution is -0.213. The van der Waals surface area contributed by atoms with E-state index in [-0.39, 0.29) is 23.8 Å². The highest BCUT2D eigenvalue weighted by atomic mass is 16.6. The second kappa shape index (κ2) is 5.47. The first kappa shape index (κ1) is 17.8. The van der Waals surface area contributed by atoms with Crippen molar-refractivity contribution >= 4 is 11.9 Å². The molecule has 4 saturated carbocycles. The van der Waals surface area contributed by atoms with Crippen molar-refractivity contribution in [2.45, 2.75) is 84.8 Å². The summed E-state index contributed by atoms with van der Waals surface area (Å²) in [5.41, 5.74) is -2.28. The molecular formula is C20H32O4. The van der Waals surface area contributed by atoms with Crippen LogP contribution in [0, 0.1) is 29.1 Å². The first-order valence-electron chi connectivity index (χ1n) is 9.38. The second-order valence-corrected chi connectivity index (χ2v) is 10.2. The Hall–Kier alpha value is -1.06. The number of hydrogen-bond acceptors (Lipinski definition) is 4. The van der Waals surface area contributed by atoms with Crippen molar-refractivity contribution in [2.24, 2.45) is 29.1 Å². The third kappa shape index (κ3) is 2.97. The summed E-state index contributed by atoms with van der Waals surface area (Å²) in [7, 11) is 0. The van der Waals surface area contributed by atoms with Crippen LogP contribution in [0.25, 0.3) is 0 Å². The smallest absolute Gasteiger partial charge is 0.324 e. The molecular weight excluding hydrogens is 304 g/mol. The van der Waals surface area contributed by atoms with Crippen molar-refractivity contribution in [3.05, 3.63) is 0 Å². The summed E-state index contributed by atoms with van der Waals surface area (Å²) in [6, 6.07) is 0. The maximum absolute atomic E-state index is 13.3. The predicted molar refractivity (Wildman–Crippen MR) is 91.2 cm³/mol. The van der Waals surface area contributed by atoms with E-state index >= 15 is 0 Å². The molecule has 0 spiro atoms. The quantitative estimate of drug-likeness (QED) is 0.562. The molecule has 24 heavy (non-hydrogen) atoms. The summed E-state index contributed by atoms with van der Waals surface area (Å²) in [6.45, 7) is 11.2. The number of rotatable bonds is 2. The highest BCUT2D eigenvalue weighted by Crippen LogP contribution is 2.63. The van der Waals surface area contributed by atoms with E-state index in [0.717, 1.165) is 25.7 Å². The van der Waals surface area contributed by atoms with Crippen LogP contribution in [0.1, 0.15) is 73.6 Å². The van der Waals surface area contributed by atoms with Crippen LogP contribution in [0.3, 0.4) is 0 Å². The Bertz CT molecular complexity index is 477. The van der Waals surface area contributed by atoms with Gasteiger partial charge < -0.3 is 9.47 Å². The zero-order valence-corrected chi connectivity index (χ0v) is 16.0. The van der Waals surface area contributed by atoms with Gasteiger partial charge in [-0.2, -0.15) is 0 Å². The Morgan fingerprint density at radius 2 is 1.04 bits per heavy atom. The standard InChI is InChI=1S/C20H32O4/c1-18(2,3)23-16(21)20(17(22)24-19(4,5)6)14-8-12-7-13(10-14)11-15(20)9-12/h12-15H,7-11H2,1-6H3. The molecule has 0 unspecified atom stereocenters. The first-order chi connectivity index (χ1) is 10.9. The van der Waals surface area contributed by atoms with Gasteiger partial charge in [0, 0.05) is 0 Å². The summed E-state index contributed by atoms with van der Waals surface area (Å²) in [5.74, 6) is 0.809. The summed E-state index contributed by atoms with van der Waals surface area (Å²) in [4.78, 5) is 26.6. The van der Waals surface area contributed by atoms with Gasteiger partial charge in [0.15, 0.2) is 5.41 Å². The van der Waals surface area contributed by atoms with Gasteiger partial charge in [-0.3, -0.25) is 9.59 Å². The van der Waals surface area contributed by atoms with Gasteiger partial charge >= 0.3 is 11.9 Å². The summed E-state index contributed by atoms with van der Waals surface area (Å²) < 4.78 is 11.5. The maximum atomic E-state index is 13.3. The Kier molecular flexibility index (Phi) is 4.05. The highest BCUT2D eigenvalue weighted by molar-refractivity contribution is 6.01. The molecule has 136 valence electrons. The van der Waals surface area contributed by atoms with Crippen LogP contribution in [0.2, 0.25) is 0 Å². The fourth-order valence-corrected chi connectivity index (χ4v) is 5.40. The number of esters is 2. The van der Waals surface area contributed by atoms with E-state index in [0.29, 0.717) is 11.8 Å². The van der Waals surface area contributed by atoms with Gasteiger partial charge in [0.2, 0.25) is 0 Å². The lowest BCUT2D eigenvalue weighted by atomic mass is 9.45. The van der Waals surface area contributed by atoms with Crippen molar-refractivity contribution in [1.29, 1.82) is 0 Å². The van der Waals surface area contributed by atoms with Gasteiger partial charge in [0.25, 0.3) is 0 Å². The SMILES string of the molecule is CC(C)(C)OC(=O)C1(C(=O)OC(C)(C)C)C2CC3CC(C2)CC1C3. The van der Waals surface area contributed by atoms with Gasteiger partial charge in [-0.15, -0.1) is 0 Å². The van der Waals surface area contributed by atoms with Crippen LogP contribution < -0.4 is 0 Å². The monoisotopic (exact) mass is 336 g/mol.